The summed E-state index contributed by atoms with van der Waals surface area (Å²) < 4.78 is 66.3. The summed E-state index contributed by atoms with van der Waals surface area (Å²) in [4.78, 5) is 1.02. The van der Waals surface area contributed by atoms with E-state index in [1.807, 2.05) is 0 Å². The molecule has 0 aromatic heterocycles. The molecule has 1 aliphatic rings. The van der Waals surface area contributed by atoms with E-state index < -0.39 is 35.2 Å². The lowest BCUT2D eigenvalue weighted by Gasteiger charge is -2.36. The number of hydrogen-bond acceptors (Lipinski definition) is 3. The smallest absolute Gasteiger partial charge is 0.408 e. The van der Waals surface area contributed by atoms with Crippen molar-refractivity contribution >= 4 is 0 Å². The molecule has 0 saturated carbocycles. The standard InChI is InChI=1S/C12H13F5N2O/c13-7-5-8(14)10(9(20)6-7)11(12(15,16)17)19-3-1-18-2-4-19/h5-6,11,18,20H,1-4H2/t11-/m1/s1. The van der Waals surface area contributed by atoms with Gasteiger partial charge in [0, 0.05) is 38.3 Å². The van der Waals surface area contributed by atoms with Crippen molar-refractivity contribution in [3.05, 3.63) is 29.3 Å². The molecule has 1 aromatic carbocycles. The van der Waals surface area contributed by atoms with Gasteiger partial charge in [-0.1, -0.05) is 0 Å². The fourth-order valence-corrected chi connectivity index (χ4v) is 2.34. The number of nitrogens with one attached hydrogen (secondary N) is 1. The second kappa shape index (κ2) is 5.53. The number of alkyl halides is 3. The molecule has 2 N–H and O–H groups in total. The van der Waals surface area contributed by atoms with Crippen molar-refractivity contribution in [2.45, 2.75) is 12.2 Å². The van der Waals surface area contributed by atoms with E-state index in [0.29, 0.717) is 25.2 Å². The van der Waals surface area contributed by atoms with Crippen LogP contribution in [0.5, 0.6) is 5.75 Å². The van der Waals surface area contributed by atoms with Gasteiger partial charge in [-0.15, -0.1) is 0 Å². The topological polar surface area (TPSA) is 35.5 Å². The molecule has 0 radical (unpaired) electrons. The molecule has 2 rings (SSSR count). The number of rotatable bonds is 2. The van der Waals surface area contributed by atoms with Gasteiger partial charge in [-0.05, 0) is 0 Å². The van der Waals surface area contributed by atoms with Crippen LogP contribution in [-0.4, -0.2) is 42.4 Å². The molecule has 0 bridgehead atoms. The summed E-state index contributed by atoms with van der Waals surface area (Å²) in [5.74, 6) is -3.54. The van der Waals surface area contributed by atoms with Gasteiger partial charge in [-0.2, -0.15) is 13.2 Å². The predicted octanol–water partition coefficient (Wildman–Crippen LogP) is 2.18. The van der Waals surface area contributed by atoms with Crippen LogP contribution in [0.25, 0.3) is 0 Å². The Kier molecular flexibility index (Phi) is 4.14. The second-order valence-electron chi connectivity index (χ2n) is 4.55. The SMILES string of the molecule is Oc1cc(F)cc(F)c1[C@@H](N1CCNCC1)C(F)(F)F. The van der Waals surface area contributed by atoms with E-state index >= 15 is 0 Å². The van der Waals surface area contributed by atoms with Gasteiger partial charge in [0.1, 0.15) is 23.4 Å². The summed E-state index contributed by atoms with van der Waals surface area (Å²) in [6.07, 6.45) is -4.77. The van der Waals surface area contributed by atoms with E-state index in [1.165, 1.54) is 0 Å². The van der Waals surface area contributed by atoms with Crippen molar-refractivity contribution in [2.75, 3.05) is 26.2 Å². The lowest BCUT2D eigenvalue weighted by molar-refractivity contribution is -0.189. The van der Waals surface area contributed by atoms with E-state index in [9.17, 15) is 27.1 Å². The highest BCUT2D eigenvalue weighted by atomic mass is 19.4. The van der Waals surface area contributed by atoms with Crippen molar-refractivity contribution < 1.29 is 27.1 Å². The van der Waals surface area contributed by atoms with Crippen LogP contribution in [0.1, 0.15) is 11.6 Å². The fraction of sp³-hybridized carbons (Fsp3) is 0.500. The summed E-state index contributed by atoms with van der Waals surface area (Å²) in [6, 6.07) is -1.46. The molecule has 1 fully saturated rings. The minimum absolute atomic E-state index is 0.0560. The Balaban J connectivity index is 2.46. The lowest BCUT2D eigenvalue weighted by Crippen LogP contribution is -2.49. The van der Waals surface area contributed by atoms with E-state index in [-0.39, 0.29) is 13.1 Å². The zero-order valence-corrected chi connectivity index (χ0v) is 10.3. The van der Waals surface area contributed by atoms with Gasteiger partial charge in [0.15, 0.2) is 0 Å². The van der Waals surface area contributed by atoms with E-state index in [0.717, 1.165) is 4.90 Å². The lowest BCUT2D eigenvalue weighted by atomic mass is 10.0. The average molecular weight is 296 g/mol. The second-order valence-corrected chi connectivity index (χ2v) is 4.55. The number of nitrogens with zero attached hydrogens (tertiary/aromatic N) is 1. The van der Waals surface area contributed by atoms with Crippen LogP contribution in [-0.2, 0) is 0 Å². The average Bonchev–Trinajstić information content (AvgIpc) is 2.33. The number of benzene rings is 1. The summed E-state index contributed by atoms with van der Waals surface area (Å²) in [5.41, 5.74) is -0.930. The summed E-state index contributed by atoms with van der Waals surface area (Å²) in [5, 5.41) is 12.4. The third-order valence-corrected chi connectivity index (χ3v) is 3.17. The Morgan fingerprint density at radius 1 is 1.15 bits per heavy atom. The summed E-state index contributed by atoms with van der Waals surface area (Å²) in [6.45, 7) is 0.771. The molecule has 1 atom stereocenters. The molecule has 112 valence electrons. The van der Waals surface area contributed by atoms with Gasteiger partial charge in [-0.25, -0.2) is 8.78 Å². The summed E-state index contributed by atoms with van der Waals surface area (Å²) in [7, 11) is 0. The van der Waals surface area contributed by atoms with Crippen molar-refractivity contribution in [2.24, 2.45) is 0 Å². The molecule has 0 unspecified atom stereocenters. The van der Waals surface area contributed by atoms with Gasteiger partial charge in [0.2, 0.25) is 0 Å². The number of aromatic hydroxyl groups is 1. The third kappa shape index (κ3) is 3.01. The molecule has 1 saturated heterocycles. The first kappa shape index (κ1) is 15.0. The largest absolute Gasteiger partial charge is 0.507 e. The quantitative estimate of drug-likeness (QED) is 0.821. The van der Waals surface area contributed by atoms with Gasteiger partial charge in [-0.3, -0.25) is 4.90 Å². The Morgan fingerprint density at radius 2 is 1.75 bits per heavy atom. The maximum Gasteiger partial charge on any atom is 0.408 e. The number of halogens is 5. The van der Waals surface area contributed by atoms with Crippen LogP contribution < -0.4 is 5.32 Å². The maximum atomic E-state index is 13.7. The first-order valence-corrected chi connectivity index (χ1v) is 6.00. The number of phenolic OH excluding ortho intramolecular Hbond substituents is 1. The van der Waals surface area contributed by atoms with Crippen LogP contribution in [0.3, 0.4) is 0 Å². The Morgan fingerprint density at radius 3 is 2.25 bits per heavy atom. The first-order valence-electron chi connectivity index (χ1n) is 6.00. The van der Waals surface area contributed by atoms with Gasteiger partial charge in [0.05, 0.1) is 5.56 Å². The number of hydrogen-bond donors (Lipinski definition) is 2. The van der Waals surface area contributed by atoms with E-state index in [1.54, 1.807) is 0 Å². The molecule has 0 aliphatic carbocycles. The highest BCUT2D eigenvalue weighted by molar-refractivity contribution is 5.37. The molecule has 1 heterocycles. The first-order chi connectivity index (χ1) is 9.30. The monoisotopic (exact) mass is 296 g/mol. The van der Waals surface area contributed by atoms with Crippen LogP contribution in [0.2, 0.25) is 0 Å². The van der Waals surface area contributed by atoms with Crippen molar-refractivity contribution in [1.29, 1.82) is 0 Å². The minimum atomic E-state index is -4.77. The third-order valence-electron chi connectivity index (χ3n) is 3.17. The fourth-order valence-electron chi connectivity index (χ4n) is 2.34. The van der Waals surface area contributed by atoms with Gasteiger partial charge >= 0.3 is 6.18 Å². The highest BCUT2D eigenvalue weighted by Gasteiger charge is 2.47. The molecule has 1 aliphatic heterocycles. The summed E-state index contributed by atoms with van der Waals surface area (Å²) >= 11 is 0. The normalized spacial score (nSPS) is 19.1. The van der Waals surface area contributed by atoms with Crippen molar-refractivity contribution in [3.8, 4) is 5.75 Å². The molecule has 20 heavy (non-hydrogen) atoms. The maximum absolute atomic E-state index is 13.7. The molecular formula is C12H13F5N2O. The molecule has 0 spiro atoms. The molecule has 1 aromatic rings. The minimum Gasteiger partial charge on any atom is -0.507 e. The van der Waals surface area contributed by atoms with Gasteiger partial charge < -0.3 is 10.4 Å². The molecule has 3 nitrogen and oxygen atoms in total. The van der Waals surface area contributed by atoms with Crippen molar-refractivity contribution in [3.63, 3.8) is 0 Å². The highest BCUT2D eigenvalue weighted by Crippen LogP contribution is 2.42. The zero-order valence-electron chi connectivity index (χ0n) is 10.3. The Labute approximate surface area is 112 Å². The van der Waals surface area contributed by atoms with Crippen LogP contribution in [0, 0.1) is 11.6 Å². The molecule has 8 heteroatoms. The van der Waals surface area contributed by atoms with E-state index in [4.69, 9.17) is 0 Å². The van der Waals surface area contributed by atoms with Crippen LogP contribution >= 0.6 is 0 Å². The van der Waals surface area contributed by atoms with E-state index in [2.05, 4.69) is 5.32 Å². The van der Waals surface area contributed by atoms with Crippen molar-refractivity contribution in [1.82, 2.24) is 10.2 Å². The van der Waals surface area contributed by atoms with Crippen LogP contribution in [0.15, 0.2) is 12.1 Å². The van der Waals surface area contributed by atoms with Gasteiger partial charge in [0.25, 0.3) is 0 Å². The predicted molar refractivity (Wildman–Crippen MR) is 61.3 cm³/mol. The number of piperazine rings is 1. The zero-order chi connectivity index (χ0) is 14.9. The number of phenols is 1. The Bertz CT molecular complexity index is 462. The molecule has 0 amide bonds. The Hall–Kier alpha value is -1.41. The molecular weight excluding hydrogens is 283 g/mol. The van der Waals surface area contributed by atoms with Crippen LogP contribution in [0.4, 0.5) is 22.0 Å².